The zero-order valence-corrected chi connectivity index (χ0v) is 54.6. The van der Waals surface area contributed by atoms with Gasteiger partial charge < -0.3 is 0 Å². The number of fused-ring (bicyclic) bond motifs is 6. The Bertz CT molecular complexity index is 6070. The van der Waals surface area contributed by atoms with Gasteiger partial charge in [0.25, 0.3) is 0 Å². The van der Waals surface area contributed by atoms with Gasteiger partial charge in [0.05, 0.1) is 33.7 Å². The molecule has 0 amide bonds. The van der Waals surface area contributed by atoms with Crippen LogP contribution in [0.1, 0.15) is 38.9 Å². The highest BCUT2D eigenvalue weighted by Gasteiger charge is 2.27. The van der Waals surface area contributed by atoms with Crippen LogP contribution in [-0.2, 0) is 0 Å². The molecule has 100 heavy (non-hydrogen) atoms. The first-order valence-electron chi connectivity index (χ1n) is 33.8. The van der Waals surface area contributed by atoms with Crippen LogP contribution < -0.4 is 0 Å². The SMILES string of the molecule is C(=C(c1ccccc1)c1ccccc1)c1c2ccccc2c(C=C(c2ccccc2)c2ccccc2)c2c1nc(-c1ccccc1)n2-c1ccccc1.N#Cc1ccc(-c2nc3c(-c4ccc5ccccc5c4)c4ccccc4c(-c4ccc5ccccc5c4)c3n2-c2ccccc2)cc1. The molecule has 0 unspecified atom stereocenters. The van der Waals surface area contributed by atoms with Crippen molar-refractivity contribution in [2.75, 3.05) is 0 Å². The number of aromatic nitrogens is 4. The normalized spacial score (nSPS) is 11.2. The summed E-state index contributed by atoms with van der Waals surface area (Å²) in [6, 6.07) is 133. The first kappa shape index (κ1) is 60.2. The molecular weight excluding hydrogens is 1210 g/mol. The van der Waals surface area contributed by atoms with E-state index in [1.165, 1.54) is 26.9 Å². The zero-order valence-electron chi connectivity index (χ0n) is 54.6. The van der Waals surface area contributed by atoms with Crippen LogP contribution in [-0.4, -0.2) is 19.1 Å². The quantitative estimate of drug-likeness (QED) is 0.115. The van der Waals surface area contributed by atoms with Crippen molar-refractivity contribution in [3.8, 4) is 62.5 Å². The minimum atomic E-state index is 0.621. The van der Waals surface area contributed by atoms with Crippen molar-refractivity contribution in [2.45, 2.75) is 0 Å². The monoisotopic (exact) mass is 1270 g/mol. The lowest BCUT2D eigenvalue weighted by atomic mass is 9.89. The molecule has 0 aliphatic rings. The molecule has 5 nitrogen and oxygen atoms in total. The second kappa shape index (κ2) is 26.6. The molecule has 0 spiro atoms. The molecule has 0 radical (unpaired) electrons. The Kier molecular flexibility index (Phi) is 16.0. The van der Waals surface area contributed by atoms with E-state index in [0.29, 0.717) is 5.56 Å². The third-order valence-electron chi connectivity index (χ3n) is 19.0. The average molecular weight is 1270 g/mol. The van der Waals surface area contributed by atoms with E-state index in [1.54, 1.807) is 0 Å². The molecule has 0 bridgehead atoms. The van der Waals surface area contributed by atoms with Crippen molar-refractivity contribution in [3.05, 3.63) is 409 Å². The highest BCUT2D eigenvalue weighted by atomic mass is 15.1. The van der Waals surface area contributed by atoms with Crippen molar-refractivity contribution in [3.63, 3.8) is 0 Å². The number of rotatable bonds is 12. The Morgan fingerprint density at radius 3 is 1.09 bits per heavy atom. The maximum Gasteiger partial charge on any atom is 0.145 e. The van der Waals surface area contributed by atoms with Crippen LogP contribution in [0, 0.1) is 11.3 Å². The molecule has 0 aliphatic carbocycles. The van der Waals surface area contributed by atoms with E-state index >= 15 is 0 Å². The minimum absolute atomic E-state index is 0.621. The third kappa shape index (κ3) is 11.3. The number of nitriles is 1. The van der Waals surface area contributed by atoms with E-state index in [9.17, 15) is 5.26 Å². The van der Waals surface area contributed by atoms with Gasteiger partial charge in [0.1, 0.15) is 11.6 Å². The lowest BCUT2D eigenvalue weighted by Crippen LogP contribution is -2.00. The number of nitrogens with zero attached hydrogens (tertiary/aromatic N) is 5. The van der Waals surface area contributed by atoms with Gasteiger partial charge in [-0.3, -0.25) is 9.13 Å². The van der Waals surface area contributed by atoms with Crippen LogP contribution >= 0.6 is 0 Å². The highest BCUT2D eigenvalue weighted by Crippen LogP contribution is 2.48. The van der Waals surface area contributed by atoms with E-state index in [1.807, 2.05) is 30.3 Å². The molecule has 18 rings (SSSR count). The van der Waals surface area contributed by atoms with Gasteiger partial charge >= 0.3 is 0 Å². The van der Waals surface area contributed by atoms with Crippen LogP contribution in [0.5, 0.6) is 0 Å². The molecule has 5 heteroatoms. The summed E-state index contributed by atoms with van der Waals surface area (Å²) in [5.74, 6) is 1.73. The summed E-state index contributed by atoms with van der Waals surface area (Å²) in [5.41, 5.74) is 22.3. The molecule has 0 atom stereocenters. The average Bonchev–Trinajstić information content (AvgIpc) is 1.51. The Hall–Kier alpha value is -13.5. The van der Waals surface area contributed by atoms with E-state index in [2.05, 4.69) is 367 Å². The van der Waals surface area contributed by atoms with E-state index in [0.717, 1.165) is 139 Å². The number of imidazole rings is 2. The van der Waals surface area contributed by atoms with Gasteiger partial charge in [-0.2, -0.15) is 5.26 Å². The first-order valence-corrected chi connectivity index (χ1v) is 33.8. The van der Waals surface area contributed by atoms with E-state index in [-0.39, 0.29) is 0 Å². The largest absolute Gasteiger partial charge is 0.292 e. The van der Waals surface area contributed by atoms with Crippen molar-refractivity contribution in [1.29, 1.82) is 5.26 Å². The fourth-order valence-electron chi connectivity index (χ4n) is 14.4. The lowest BCUT2D eigenvalue weighted by Gasteiger charge is -2.18. The highest BCUT2D eigenvalue weighted by molar-refractivity contribution is 6.22. The van der Waals surface area contributed by atoms with Crippen LogP contribution in [0.3, 0.4) is 0 Å². The van der Waals surface area contributed by atoms with Crippen molar-refractivity contribution in [1.82, 2.24) is 19.1 Å². The summed E-state index contributed by atoms with van der Waals surface area (Å²) in [6.07, 6.45) is 4.74. The predicted octanol–water partition coefficient (Wildman–Crippen LogP) is 24.4. The Balaban J connectivity index is 0.000000151. The number of para-hydroxylation sites is 2. The molecule has 0 aliphatic heterocycles. The van der Waals surface area contributed by atoms with Gasteiger partial charge in [0.2, 0.25) is 0 Å². The number of benzene rings is 16. The second-order valence-electron chi connectivity index (χ2n) is 25.0. The first-order chi connectivity index (χ1) is 49.6. The molecule has 2 heterocycles. The molecule has 468 valence electrons. The molecule has 0 N–H and O–H groups in total. The summed E-state index contributed by atoms with van der Waals surface area (Å²) >= 11 is 0. The van der Waals surface area contributed by atoms with Crippen LogP contribution in [0.15, 0.2) is 370 Å². The minimum Gasteiger partial charge on any atom is -0.292 e. The summed E-state index contributed by atoms with van der Waals surface area (Å²) in [7, 11) is 0. The Morgan fingerprint density at radius 2 is 0.620 bits per heavy atom. The molecule has 2 aromatic heterocycles. The summed E-state index contributed by atoms with van der Waals surface area (Å²) < 4.78 is 4.66. The molecule has 16 aromatic carbocycles. The fraction of sp³-hybridized carbons (Fsp3) is 0. The molecular formula is C95H63N5. The number of hydrogen-bond acceptors (Lipinski definition) is 3. The van der Waals surface area contributed by atoms with Crippen molar-refractivity contribution >= 4 is 88.5 Å². The van der Waals surface area contributed by atoms with Crippen molar-refractivity contribution < 1.29 is 0 Å². The number of hydrogen-bond donors (Lipinski definition) is 0. The van der Waals surface area contributed by atoms with Gasteiger partial charge in [0, 0.05) is 44.8 Å². The van der Waals surface area contributed by atoms with Gasteiger partial charge in [-0.05, 0) is 160 Å². The summed E-state index contributed by atoms with van der Waals surface area (Å²) in [5, 5.41) is 19.0. The fourth-order valence-corrected chi connectivity index (χ4v) is 14.4. The van der Waals surface area contributed by atoms with E-state index in [4.69, 9.17) is 9.97 Å². The third-order valence-corrected chi connectivity index (χ3v) is 19.0. The van der Waals surface area contributed by atoms with Gasteiger partial charge in [0.15, 0.2) is 0 Å². The summed E-state index contributed by atoms with van der Waals surface area (Å²) in [6.45, 7) is 0. The lowest BCUT2D eigenvalue weighted by molar-refractivity contribution is 1.10. The van der Waals surface area contributed by atoms with Gasteiger partial charge in [-0.15, -0.1) is 0 Å². The van der Waals surface area contributed by atoms with Crippen LogP contribution in [0.2, 0.25) is 0 Å². The van der Waals surface area contributed by atoms with Crippen molar-refractivity contribution in [2.24, 2.45) is 0 Å². The Morgan fingerprint density at radius 1 is 0.280 bits per heavy atom. The maximum absolute atomic E-state index is 9.56. The smallest absolute Gasteiger partial charge is 0.145 e. The second-order valence-corrected chi connectivity index (χ2v) is 25.0. The zero-order chi connectivity index (χ0) is 66.7. The van der Waals surface area contributed by atoms with E-state index < -0.39 is 0 Å². The van der Waals surface area contributed by atoms with Crippen LogP contribution in [0.4, 0.5) is 0 Å². The molecule has 0 fully saturated rings. The molecule has 0 saturated heterocycles. The molecule has 18 aromatic rings. The van der Waals surface area contributed by atoms with Gasteiger partial charge in [-0.25, -0.2) is 9.97 Å². The Labute approximate surface area is 580 Å². The predicted molar refractivity (Wildman–Crippen MR) is 418 cm³/mol. The molecule has 0 saturated carbocycles. The van der Waals surface area contributed by atoms with Gasteiger partial charge in [-0.1, -0.05) is 309 Å². The maximum atomic E-state index is 9.56. The summed E-state index contributed by atoms with van der Waals surface area (Å²) in [4.78, 5) is 11.2. The standard InChI is InChI=1S/C51H36N2.C44H27N3/c1-7-21-37(22-8-1)45(38-23-9-2-10-24-38)35-47-43-33-19-20-34-44(43)48(36-46(39-25-11-3-12-26-39)40-27-13-4-14-28-40)50-49(47)52-51(41-29-15-5-16-30-41)53(50)42-31-17-6-18-32-42;45-28-29-18-20-32(21-19-29)44-46-42-40(35-24-22-30-10-4-6-12-33(30)26-35)38-16-8-9-17-39(38)41(43(42)47(44)37-14-2-1-3-15-37)36-25-23-31-11-5-7-13-34(31)27-36/h1-36H;1-27H. The van der Waals surface area contributed by atoms with Crippen LogP contribution in [0.25, 0.3) is 145 Å². The topological polar surface area (TPSA) is 59.4 Å².